The lowest BCUT2D eigenvalue weighted by atomic mass is 9.93. The van der Waals surface area contributed by atoms with E-state index in [0.717, 1.165) is 5.56 Å². The number of hydrogen-bond donors (Lipinski definition) is 1. The van der Waals surface area contributed by atoms with E-state index < -0.39 is 11.8 Å². The first-order valence-corrected chi connectivity index (χ1v) is 9.16. The van der Waals surface area contributed by atoms with Crippen LogP contribution < -0.4 is 4.74 Å². The molecule has 5 nitrogen and oxygen atoms in total. The molecule has 0 bridgehead atoms. The Morgan fingerprint density at radius 1 is 1.17 bits per heavy atom. The van der Waals surface area contributed by atoms with Crippen LogP contribution >= 0.6 is 11.6 Å². The first kappa shape index (κ1) is 20.5. The molecule has 0 aliphatic heterocycles. The molecular weight excluding hydrogens is 397 g/mol. The molecule has 0 amide bonds. The van der Waals surface area contributed by atoms with Crippen molar-refractivity contribution in [2.45, 2.75) is 19.3 Å². The van der Waals surface area contributed by atoms with E-state index in [1.165, 1.54) is 42.6 Å². The fraction of sp³-hybridized carbons (Fsp3) is 0.136. The van der Waals surface area contributed by atoms with Crippen LogP contribution in [-0.2, 0) is 0 Å². The quantitative estimate of drug-likeness (QED) is 0.500. The average molecular weight is 414 g/mol. The van der Waals surface area contributed by atoms with E-state index in [1.54, 1.807) is 18.2 Å². The van der Waals surface area contributed by atoms with Gasteiger partial charge < -0.3 is 9.84 Å². The molecule has 0 spiro atoms. The molecule has 0 aliphatic rings. The van der Waals surface area contributed by atoms with Gasteiger partial charge in [0.1, 0.15) is 11.6 Å². The van der Waals surface area contributed by atoms with Crippen molar-refractivity contribution in [3.8, 4) is 11.6 Å². The molecule has 2 aromatic carbocycles. The largest absolute Gasteiger partial charge is 0.478 e. The van der Waals surface area contributed by atoms with Gasteiger partial charge in [-0.05, 0) is 41.8 Å². The number of benzene rings is 2. The van der Waals surface area contributed by atoms with Gasteiger partial charge in [-0.2, -0.15) is 0 Å². The molecule has 0 saturated carbocycles. The highest BCUT2D eigenvalue weighted by molar-refractivity contribution is 6.30. The van der Waals surface area contributed by atoms with Crippen LogP contribution in [0.1, 0.15) is 45.5 Å². The maximum atomic E-state index is 13.4. The number of pyridine rings is 1. The number of carboxylic acid groups (broad SMARTS) is 1. The maximum absolute atomic E-state index is 13.4. The summed E-state index contributed by atoms with van der Waals surface area (Å²) in [5.41, 5.74) is 1.19. The van der Waals surface area contributed by atoms with Crippen molar-refractivity contribution >= 4 is 23.4 Å². The highest BCUT2D eigenvalue weighted by Crippen LogP contribution is 2.29. The fourth-order valence-electron chi connectivity index (χ4n) is 2.81. The summed E-state index contributed by atoms with van der Waals surface area (Å²) < 4.78 is 19.0. The Bertz CT molecular complexity index is 1050. The molecule has 29 heavy (non-hydrogen) atoms. The number of ketones is 1. The number of Topliss-reactive ketones (excluding diaryl/α,β-unsaturated/α-hetero) is 1. The number of hydrogen-bond acceptors (Lipinski definition) is 4. The van der Waals surface area contributed by atoms with Crippen molar-refractivity contribution in [1.29, 1.82) is 0 Å². The van der Waals surface area contributed by atoms with Crippen LogP contribution in [-0.4, -0.2) is 21.8 Å². The number of halogens is 2. The molecule has 1 atom stereocenters. The Morgan fingerprint density at radius 3 is 2.55 bits per heavy atom. The number of rotatable bonds is 7. The first-order chi connectivity index (χ1) is 13.8. The van der Waals surface area contributed by atoms with E-state index in [1.807, 2.05) is 6.92 Å². The van der Waals surface area contributed by atoms with Gasteiger partial charge in [-0.3, -0.25) is 4.79 Å². The van der Waals surface area contributed by atoms with Crippen LogP contribution in [0.4, 0.5) is 4.39 Å². The van der Waals surface area contributed by atoms with Gasteiger partial charge >= 0.3 is 5.97 Å². The lowest BCUT2D eigenvalue weighted by Crippen LogP contribution is -2.08. The van der Waals surface area contributed by atoms with E-state index >= 15 is 0 Å². The van der Waals surface area contributed by atoms with Crippen molar-refractivity contribution in [2.75, 3.05) is 0 Å². The first-order valence-electron chi connectivity index (χ1n) is 8.79. The normalized spacial score (nSPS) is 11.7. The summed E-state index contributed by atoms with van der Waals surface area (Å²) in [6, 6.07) is 13.3. The van der Waals surface area contributed by atoms with Crippen LogP contribution in [0.5, 0.6) is 11.6 Å². The van der Waals surface area contributed by atoms with E-state index in [9.17, 15) is 14.0 Å². The van der Waals surface area contributed by atoms with Gasteiger partial charge in [0, 0.05) is 18.7 Å². The number of nitrogens with zero attached hydrogens (tertiary/aromatic N) is 1. The molecule has 1 N–H and O–H groups in total. The van der Waals surface area contributed by atoms with Crippen molar-refractivity contribution in [3.05, 3.63) is 88.3 Å². The highest BCUT2D eigenvalue weighted by atomic mass is 35.5. The lowest BCUT2D eigenvalue weighted by Gasteiger charge is -2.14. The zero-order valence-corrected chi connectivity index (χ0v) is 16.2. The highest BCUT2D eigenvalue weighted by Gasteiger charge is 2.19. The number of carboxylic acids is 1. The number of ether oxygens (including phenoxy) is 1. The molecule has 1 aromatic heterocycles. The molecule has 148 valence electrons. The second-order valence-corrected chi connectivity index (χ2v) is 6.96. The van der Waals surface area contributed by atoms with Gasteiger partial charge in [0.15, 0.2) is 5.78 Å². The Hall–Kier alpha value is -3.25. The van der Waals surface area contributed by atoms with Gasteiger partial charge in [0.2, 0.25) is 5.88 Å². The van der Waals surface area contributed by atoms with Crippen LogP contribution in [0.25, 0.3) is 0 Å². The number of carbonyl (C=O) groups excluding carboxylic acids is 1. The zero-order chi connectivity index (χ0) is 21.0. The van der Waals surface area contributed by atoms with Crippen molar-refractivity contribution in [3.63, 3.8) is 0 Å². The summed E-state index contributed by atoms with van der Waals surface area (Å²) in [6.45, 7) is 1.86. The molecule has 1 heterocycles. The Morgan fingerprint density at radius 2 is 1.90 bits per heavy atom. The molecule has 0 saturated heterocycles. The molecule has 0 radical (unpaired) electrons. The number of aromatic nitrogens is 1. The van der Waals surface area contributed by atoms with Crippen LogP contribution in [0.15, 0.2) is 60.8 Å². The average Bonchev–Trinajstić information content (AvgIpc) is 2.69. The summed E-state index contributed by atoms with van der Waals surface area (Å²) in [5.74, 6) is -1.65. The van der Waals surface area contributed by atoms with Gasteiger partial charge in [-0.1, -0.05) is 36.7 Å². The minimum absolute atomic E-state index is 0.0402. The monoisotopic (exact) mass is 413 g/mol. The number of carbonyl (C=O) groups is 2. The fourth-order valence-corrected chi connectivity index (χ4v) is 2.97. The van der Waals surface area contributed by atoms with Crippen LogP contribution in [0.2, 0.25) is 5.02 Å². The Balaban J connectivity index is 1.80. The predicted molar refractivity (Wildman–Crippen MR) is 106 cm³/mol. The van der Waals surface area contributed by atoms with Crippen molar-refractivity contribution in [2.24, 2.45) is 0 Å². The summed E-state index contributed by atoms with van der Waals surface area (Å²) >= 11 is 6.00. The molecule has 0 fully saturated rings. The SMILES string of the molecule is C[C@H](CC(=O)c1cc(Cl)cnc1Oc1cccc(F)c1)c1ccc(C(=O)O)cc1. The molecule has 0 aliphatic carbocycles. The molecular formula is C22H17ClFNO4. The summed E-state index contributed by atoms with van der Waals surface area (Å²) in [7, 11) is 0. The lowest BCUT2D eigenvalue weighted by molar-refractivity contribution is 0.0696. The smallest absolute Gasteiger partial charge is 0.335 e. The minimum Gasteiger partial charge on any atom is -0.478 e. The second-order valence-electron chi connectivity index (χ2n) is 6.52. The third kappa shape index (κ3) is 5.18. The van der Waals surface area contributed by atoms with Gasteiger partial charge in [0.05, 0.1) is 16.1 Å². The summed E-state index contributed by atoms with van der Waals surface area (Å²) in [6.07, 6.45) is 1.48. The molecule has 3 aromatic rings. The van der Waals surface area contributed by atoms with E-state index in [-0.39, 0.29) is 45.9 Å². The predicted octanol–water partition coefficient (Wildman–Crippen LogP) is 5.74. The van der Waals surface area contributed by atoms with E-state index in [4.69, 9.17) is 21.4 Å². The number of aromatic carboxylic acids is 1. The van der Waals surface area contributed by atoms with Gasteiger partial charge in [0.25, 0.3) is 0 Å². The van der Waals surface area contributed by atoms with Crippen LogP contribution in [0, 0.1) is 5.82 Å². The Labute approximate surface area is 171 Å². The van der Waals surface area contributed by atoms with Gasteiger partial charge in [-0.25, -0.2) is 14.2 Å². The van der Waals surface area contributed by atoms with Crippen molar-refractivity contribution in [1.82, 2.24) is 4.98 Å². The molecule has 0 unspecified atom stereocenters. The summed E-state index contributed by atoms with van der Waals surface area (Å²) in [4.78, 5) is 27.9. The maximum Gasteiger partial charge on any atom is 0.335 e. The summed E-state index contributed by atoms with van der Waals surface area (Å²) in [5, 5.41) is 9.27. The Kier molecular flexibility index (Phi) is 6.24. The third-order valence-electron chi connectivity index (χ3n) is 4.35. The van der Waals surface area contributed by atoms with Gasteiger partial charge in [-0.15, -0.1) is 0 Å². The van der Waals surface area contributed by atoms with Crippen LogP contribution in [0.3, 0.4) is 0 Å². The minimum atomic E-state index is -1.01. The van der Waals surface area contributed by atoms with E-state index in [2.05, 4.69) is 4.98 Å². The third-order valence-corrected chi connectivity index (χ3v) is 4.55. The zero-order valence-electron chi connectivity index (χ0n) is 15.4. The standard InChI is InChI=1S/C22H17ClFNO4/c1-13(14-5-7-15(8-6-14)22(27)28)9-20(26)19-10-16(23)12-25-21(19)29-18-4-2-3-17(24)11-18/h2-8,10-13H,9H2,1H3,(H,27,28)/t13-/m1/s1. The second kappa shape index (κ2) is 8.84. The topological polar surface area (TPSA) is 76.5 Å². The molecule has 7 heteroatoms. The molecule has 3 rings (SSSR count). The van der Waals surface area contributed by atoms with Crippen molar-refractivity contribution < 1.29 is 23.8 Å². The van der Waals surface area contributed by atoms with E-state index in [0.29, 0.717) is 0 Å².